The zero-order valence-electron chi connectivity index (χ0n) is 5.92. The van der Waals surface area contributed by atoms with Crippen LogP contribution in [0, 0.1) is 0 Å². The van der Waals surface area contributed by atoms with Crippen molar-refractivity contribution >= 4 is 42.1 Å². The predicted octanol–water partition coefficient (Wildman–Crippen LogP) is 0.928. The van der Waals surface area contributed by atoms with Crippen LogP contribution in [0.5, 0.6) is 0 Å². The van der Waals surface area contributed by atoms with Crippen molar-refractivity contribution in [3.05, 3.63) is 0 Å². The monoisotopic (exact) mass is 180 g/mol. The third-order valence-electron chi connectivity index (χ3n) is 0.707. The van der Waals surface area contributed by atoms with Crippen LogP contribution in [0.25, 0.3) is 0 Å². The minimum atomic E-state index is -3.13. The Kier molecular flexibility index (Phi) is 17.6. The van der Waals surface area contributed by atoms with Gasteiger partial charge in [-0.3, -0.25) is 4.57 Å². The first-order valence-corrected chi connectivity index (χ1v) is 7.49. The summed E-state index contributed by atoms with van der Waals surface area (Å²) in [7, 11) is -3.13. The first-order chi connectivity index (χ1) is 4.15. The molecule has 0 aromatic heterocycles. The van der Waals surface area contributed by atoms with Crippen molar-refractivity contribution in [2.75, 3.05) is 0 Å². The van der Waals surface area contributed by atoms with E-state index in [1.807, 2.05) is 0 Å². The molecule has 0 radical (unpaired) electrons. The van der Waals surface area contributed by atoms with E-state index < -0.39 is 8.25 Å². The molecule has 0 heterocycles. The summed E-state index contributed by atoms with van der Waals surface area (Å²) in [5.74, 6) is 0. The summed E-state index contributed by atoms with van der Waals surface area (Å²) >= 11 is 0.0972. The SMILES string of the molecule is C[CH2][Ca][CH2]C.O=[PH](O)O. The number of rotatable bonds is 2. The van der Waals surface area contributed by atoms with Gasteiger partial charge in [-0.05, 0) is 0 Å². The molecular formula is C4H13CaO3P. The largest absolute Gasteiger partial charge is 0.326 e. The Morgan fingerprint density at radius 2 is 1.56 bits per heavy atom. The molecule has 0 rings (SSSR count). The molecule has 5 heteroatoms. The molecule has 0 saturated carbocycles. The van der Waals surface area contributed by atoms with Crippen molar-refractivity contribution in [3.8, 4) is 0 Å². The zero-order chi connectivity index (χ0) is 7.70. The molecule has 3 nitrogen and oxygen atoms in total. The van der Waals surface area contributed by atoms with Gasteiger partial charge >= 0.3 is 61.0 Å². The van der Waals surface area contributed by atoms with Crippen molar-refractivity contribution in [2.24, 2.45) is 0 Å². The molecule has 0 aliphatic rings. The molecule has 0 amide bonds. The molecule has 54 valence electrons. The van der Waals surface area contributed by atoms with Crippen molar-refractivity contribution in [3.63, 3.8) is 0 Å². The fourth-order valence-corrected chi connectivity index (χ4v) is 1.46. The van der Waals surface area contributed by atoms with Gasteiger partial charge in [0.1, 0.15) is 0 Å². The smallest absolute Gasteiger partial charge is 0.314 e. The number of hydrogen-bond donors (Lipinski definition) is 2. The van der Waals surface area contributed by atoms with Crippen LogP contribution >= 0.6 is 8.25 Å². The first kappa shape index (κ1) is 13.0. The van der Waals surface area contributed by atoms with Gasteiger partial charge in [-0.25, -0.2) is 0 Å². The Bertz CT molecular complexity index is 62.8. The van der Waals surface area contributed by atoms with Crippen LogP contribution in [0.15, 0.2) is 0 Å². The molecule has 0 spiro atoms. The minimum Gasteiger partial charge on any atom is -0.326 e. The second kappa shape index (κ2) is 12.1. The van der Waals surface area contributed by atoms with E-state index in [0.717, 1.165) is 0 Å². The van der Waals surface area contributed by atoms with E-state index in [-0.39, 0.29) is 33.8 Å². The van der Waals surface area contributed by atoms with Crippen LogP contribution in [0.3, 0.4) is 0 Å². The fourth-order valence-electron chi connectivity index (χ4n) is 0.354. The Balaban J connectivity index is 0. The second-order valence-corrected chi connectivity index (χ2v) is 6.43. The summed E-state index contributed by atoms with van der Waals surface area (Å²) in [4.78, 5) is 14.3. The van der Waals surface area contributed by atoms with Gasteiger partial charge < -0.3 is 9.79 Å². The minimum absolute atomic E-state index is 0.0972. The molecule has 9 heavy (non-hydrogen) atoms. The summed E-state index contributed by atoms with van der Waals surface area (Å²) in [6, 6.07) is 0. The Hall–Kier alpha value is 1.41. The van der Waals surface area contributed by atoms with Gasteiger partial charge in [0.25, 0.3) is 0 Å². The van der Waals surface area contributed by atoms with Crippen molar-refractivity contribution in [1.82, 2.24) is 0 Å². The van der Waals surface area contributed by atoms with Gasteiger partial charge in [0.05, 0.1) is 0 Å². The molecule has 0 atom stereocenters. The maximum atomic E-state index is 8.74. The molecule has 0 fully saturated rings. The molecule has 0 aromatic rings. The third-order valence-corrected chi connectivity index (χ3v) is 2.92. The maximum absolute atomic E-state index is 8.74. The van der Waals surface area contributed by atoms with Gasteiger partial charge in [0.15, 0.2) is 0 Å². The van der Waals surface area contributed by atoms with Crippen LogP contribution in [0.2, 0.25) is 5.04 Å². The van der Waals surface area contributed by atoms with E-state index in [2.05, 4.69) is 13.8 Å². The van der Waals surface area contributed by atoms with E-state index in [1.165, 1.54) is 5.04 Å². The summed E-state index contributed by atoms with van der Waals surface area (Å²) < 4.78 is 11.8. The van der Waals surface area contributed by atoms with Gasteiger partial charge in [0, 0.05) is 0 Å². The van der Waals surface area contributed by atoms with Gasteiger partial charge in [-0.15, -0.1) is 0 Å². The standard InChI is InChI=1S/2C2H5.Ca.H3O3P/c2*1-2;;1-4(2)3/h2*1H2,2H3;;4H,(H2,1,2,3). The molecule has 0 aromatic carbocycles. The maximum Gasteiger partial charge on any atom is 0.314 e. The van der Waals surface area contributed by atoms with E-state index in [9.17, 15) is 0 Å². The summed E-state index contributed by atoms with van der Waals surface area (Å²) in [6.45, 7) is 4.59. The Morgan fingerprint density at radius 3 is 1.56 bits per heavy atom. The summed E-state index contributed by atoms with van der Waals surface area (Å²) in [6.07, 6.45) is 0. The van der Waals surface area contributed by atoms with Crippen LogP contribution in [-0.4, -0.2) is 43.6 Å². The van der Waals surface area contributed by atoms with Crippen molar-refractivity contribution in [2.45, 2.75) is 18.9 Å². The fraction of sp³-hybridized carbons (Fsp3) is 1.00. The molecule has 2 N–H and O–H groups in total. The van der Waals surface area contributed by atoms with Gasteiger partial charge in [-0.2, -0.15) is 0 Å². The van der Waals surface area contributed by atoms with E-state index in [1.54, 1.807) is 0 Å². The molecule has 0 aliphatic carbocycles. The van der Waals surface area contributed by atoms with Gasteiger partial charge in [0.2, 0.25) is 0 Å². The van der Waals surface area contributed by atoms with Crippen LogP contribution in [0.4, 0.5) is 0 Å². The second-order valence-electron chi connectivity index (χ2n) is 1.64. The van der Waals surface area contributed by atoms with Crippen LogP contribution < -0.4 is 0 Å². The van der Waals surface area contributed by atoms with Crippen LogP contribution in [0.1, 0.15) is 13.8 Å². The Morgan fingerprint density at radius 1 is 1.33 bits per heavy atom. The van der Waals surface area contributed by atoms with Crippen molar-refractivity contribution < 1.29 is 14.4 Å². The van der Waals surface area contributed by atoms with Crippen molar-refractivity contribution in [1.29, 1.82) is 0 Å². The quantitative estimate of drug-likeness (QED) is 0.491. The average Bonchev–Trinajstić information content (AvgIpc) is 1.66. The normalized spacial score (nSPS) is 7.67. The molecule has 0 unspecified atom stereocenters. The third kappa shape index (κ3) is 44.4. The van der Waals surface area contributed by atoms with E-state index in [0.29, 0.717) is 0 Å². The predicted molar refractivity (Wildman–Crippen MR) is 40.2 cm³/mol. The Labute approximate surface area is 74.7 Å². The summed E-state index contributed by atoms with van der Waals surface area (Å²) in [5.41, 5.74) is 0. The molecular weight excluding hydrogens is 167 g/mol. The molecule has 0 aliphatic heterocycles. The first-order valence-electron chi connectivity index (χ1n) is 3.07. The van der Waals surface area contributed by atoms with Crippen LogP contribution in [-0.2, 0) is 4.57 Å². The zero-order valence-corrected chi connectivity index (χ0v) is 9.13. The number of hydrogen-bond acceptors (Lipinski definition) is 1. The molecule has 0 bridgehead atoms. The van der Waals surface area contributed by atoms with Gasteiger partial charge in [-0.1, -0.05) is 0 Å². The average molecular weight is 180 g/mol. The van der Waals surface area contributed by atoms with E-state index >= 15 is 0 Å². The summed E-state index contributed by atoms with van der Waals surface area (Å²) in [5, 5.41) is 0. The molecule has 0 saturated heterocycles. The van der Waals surface area contributed by atoms with E-state index in [4.69, 9.17) is 14.4 Å². The topological polar surface area (TPSA) is 57.5 Å².